The Morgan fingerprint density at radius 1 is 1.30 bits per heavy atom. The molecule has 0 bridgehead atoms. The van der Waals surface area contributed by atoms with Crippen LogP contribution in [0.2, 0.25) is 0 Å². The Kier molecular flexibility index (Phi) is 5.05. The van der Waals surface area contributed by atoms with Crippen LogP contribution in [0.15, 0.2) is 29.2 Å². The average molecular weight is 296 g/mol. The molecule has 112 valence electrons. The molecule has 1 aromatic rings. The van der Waals surface area contributed by atoms with Gasteiger partial charge in [-0.2, -0.15) is 0 Å². The first kappa shape index (κ1) is 15.3. The second kappa shape index (κ2) is 6.59. The first-order valence-corrected chi connectivity index (χ1v) is 9.04. The van der Waals surface area contributed by atoms with Gasteiger partial charge in [0.2, 0.25) is 0 Å². The fraction of sp³-hybridized carbons (Fsp3) is 0.600. The first-order chi connectivity index (χ1) is 9.60. The van der Waals surface area contributed by atoms with Gasteiger partial charge in [-0.25, -0.2) is 8.42 Å². The lowest BCUT2D eigenvalue weighted by atomic mass is 10.0. The van der Waals surface area contributed by atoms with E-state index in [1.807, 2.05) is 12.1 Å². The third-order valence-corrected chi connectivity index (χ3v) is 5.72. The van der Waals surface area contributed by atoms with Crippen LogP contribution in [0.3, 0.4) is 0 Å². The van der Waals surface area contributed by atoms with Crippen LogP contribution in [0.1, 0.15) is 26.7 Å². The zero-order valence-corrected chi connectivity index (χ0v) is 13.1. The normalized spacial score (nSPS) is 19.8. The molecule has 1 aliphatic heterocycles. The molecule has 0 aromatic heterocycles. The summed E-state index contributed by atoms with van der Waals surface area (Å²) in [5.41, 5.74) is 0.852. The molecule has 0 amide bonds. The number of likely N-dealkylation sites (N-methyl/N-ethyl adjacent to an activating group) is 1. The molecule has 1 saturated heterocycles. The molecule has 1 atom stereocenters. The Morgan fingerprint density at radius 2 is 2.05 bits per heavy atom. The molecule has 5 heteroatoms. The summed E-state index contributed by atoms with van der Waals surface area (Å²) in [6.07, 6.45) is 2.26. The zero-order valence-electron chi connectivity index (χ0n) is 12.3. The average Bonchev–Trinajstić information content (AvgIpc) is 2.49. The first-order valence-electron chi connectivity index (χ1n) is 7.39. The Morgan fingerprint density at radius 3 is 2.65 bits per heavy atom. The lowest BCUT2D eigenvalue weighted by Gasteiger charge is -2.36. The molecule has 20 heavy (non-hydrogen) atoms. The van der Waals surface area contributed by atoms with Crippen molar-refractivity contribution in [2.45, 2.75) is 37.6 Å². The topological polar surface area (TPSA) is 49.4 Å². The fourth-order valence-electron chi connectivity index (χ4n) is 2.84. The lowest BCUT2D eigenvalue weighted by Crippen LogP contribution is -2.46. The highest BCUT2D eigenvalue weighted by Crippen LogP contribution is 2.28. The zero-order chi connectivity index (χ0) is 14.6. The number of benzene rings is 1. The lowest BCUT2D eigenvalue weighted by molar-refractivity contribution is 0.434. The van der Waals surface area contributed by atoms with E-state index < -0.39 is 9.84 Å². The quantitative estimate of drug-likeness (QED) is 0.903. The molecule has 1 unspecified atom stereocenters. The summed E-state index contributed by atoms with van der Waals surface area (Å²) >= 11 is 0. The fourth-order valence-corrected chi connectivity index (χ4v) is 3.94. The van der Waals surface area contributed by atoms with Crippen LogP contribution in [-0.2, 0) is 9.84 Å². The minimum Gasteiger partial charge on any atom is -0.366 e. The summed E-state index contributed by atoms with van der Waals surface area (Å²) < 4.78 is 24.6. The molecule has 4 nitrogen and oxygen atoms in total. The number of para-hydroxylation sites is 1. The number of nitrogens with one attached hydrogen (secondary N) is 1. The molecule has 1 N–H and O–H groups in total. The Hall–Kier alpha value is -1.07. The molecule has 0 saturated carbocycles. The smallest absolute Gasteiger partial charge is 0.180 e. The van der Waals surface area contributed by atoms with E-state index in [1.165, 1.54) is 0 Å². The van der Waals surface area contributed by atoms with Crippen molar-refractivity contribution in [3.05, 3.63) is 24.3 Å². The summed E-state index contributed by atoms with van der Waals surface area (Å²) in [5, 5.41) is 3.40. The summed E-state index contributed by atoms with van der Waals surface area (Å²) in [5.74, 6) is 0.143. The molecule has 0 spiro atoms. The van der Waals surface area contributed by atoms with Crippen molar-refractivity contribution >= 4 is 15.5 Å². The van der Waals surface area contributed by atoms with Crippen LogP contribution in [0.4, 0.5) is 5.69 Å². The molecule has 0 aliphatic carbocycles. The summed E-state index contributed by atoms with van der Waals surface area (Å²) in [6, 6.07) is 7.76. The highest BCUT2D eigenvalue weighted by molar-refractivity contribution is 7.91. The second-order valence-electron chi connectivity index (χ2n) is 5.16. The number of anilines is 1. The molecule has 1 fully saturated rings. The van der Waals surface area contributed by atoms with E-state index in [9.17, 15) is 8.42 Å². The Bertz CT molecular complexity index is 537. The predicted octanol–water partition coefficient (Wildman–Crippen LogP) is 2.06. The number of piperidine rings is 1. The van der Waals surface area contributed by atoms with Crippen molar-refractivity contribution < 1.29 is 8.42 Å². The molecule has 1 heterocycles. The Balaban J connectivity index is 2.39. The van der Waals surface area contributed by atoms with Crippen LogP contribution in [0, 0.1) is 0 Å². The maximum atomic E-state index is 12.3. The van der Waals surface area contributed by atoms with E-state index in [0.717, 1.165) is 38.2 Å². The van der Waals surface area contributed by atoms with E-state index in [2.05, 4.69) is 17.1 Å². The SMILES string of the molecule is CCN(c1ccccc1S(=O)(=O)CC)C1CCCNC1. The number of rotatable bonds is 5. The van der Waals surface area contributed by atoms with Gasteiger partial charge in [0.15, 0.2) is 9.84 Å². The number of hydrogen-bond donors (Lipinski definition) is 1. The van der Waals surface area contributed by atoms with Gasteiger partial charge in [-0.15, -0.1) is 0 Å². The maximum Gasteiger partial charge on any atom is 0.180 e. The monoisotopic (exact) mass is 296 g/mol. The second-order valence-corrected chi connectivity index (χ2v) is 7.40. The summed E-state index contributed by atoms with van der Waals surface area (Å²) in [7, 11) is -3.18. The predicted molar refractivity (Wildman–Crippen MR) is 83.1 cm³/mol. The number of sulfone groups is 1. The van der Waals surface area contributed by atoms with E-state index in [4.69, 9.17) is 0 Å². The number of hydrogen-bond acceptors (Lipinski definition) is 4. The van der Waals surface area contributed by atoms with Crippen LogP contribution in [0.25, 0.3) is 0 Å². The van der Waals surface area contributed by atoms with Gasteiger partial charge >= 0.3 is 0 Å². The van der Waals surface area contributed by atoms with E-state index in [0.29, 0.717) is 10.9 Å². The van der Waals surface area contributed by atoms with E-state index in [-0.39, 0.29) is 5.75 Å². The van der Waals surface area contributed by atoms with Crippen LogP contribution < -0.4 is 10.2 Å². The summed E-state index contributed by atoms with van der Waals surface area (Å²) in [6.45, 7) is 6.59. The van der Waals surface area contributed by atoms with Gasteiger partial charge in [0.05, 0.1) is 16.3 Å². The van der Waals surface area contributed by atoms with Gasteiger partial charge in [-0.1, -0.05) is 19.1 Å². The molecule has 0 radical (unpaired) electrons. The van der Waals surface area contributed by atoms with Gasteiger partial charge < -0.3 is 10.2 Å². The minimum atomic E-state index is -3.18. The van der Waals surface area contributed by atoms with E-state index in [1.54, 1.807) is 19.1 Å². The summed E-state index contributed by atoms with van der Waals surface area (Å²) in [4.78, 5) is 2.70. The van der Waals surface area contributed by atoms with Crippen molar-refractivity contribution in [2.24, 2.45) is 0 Å². The highest BCUT2D eigenvalue weighted by atomic mass is 32.2. The molecule has 1 aromatic carbocycles. The van der Waals surface area contributed by atoms with Gasteiger partial charge in [0.1, 0.15) is 0 Å². The highest BCUT2D eigenvalue weighted by Gasteiger charge is 2.25. The van der Waals surface area contributed by atoms with Crippen molar-refractivity contribution in [2.75, 3.05) is 30.3 Å². The van der Waals surface area contributed by atoms with Gasteiger partial charge in [-0.05, 0) is 38.4 Å². The minimum absolute atomic E-state index is 0.143. The third kappa shape index (κ3) is 3.15. The van der Waals surface area contributed by atoms with Crippen LogP contribution in [-0.4, -0.2) is 39.8 Å². The van der Waals surface area contributed by atoms with Crippen molar-refractivity contribution in [1.29, 1.82) is 0 Å². The molecule has 2 rings (SSSR count). The maximum absolute atomic E-state index is 12.3. The Labute approximate surface area is 122 Å². The van der Waals surface area contributed by atoms with E-state index >= 15 is 0 Å². The molecular formula is C15H24N2O2S. The van der Waals surface area contributed by atoms with Crippen LogP contribution in [0.5, 0.6) is 0 Å². The molecule has 1 aliphatic rings. The van der Waals surface area contributed by atoms with Gasteiger partial charge in [-0.3, -0.25) is 0 Å². The van der Waals surface area contributed by atoms with Gasteiger partial charge in [0, 0.05) is 19.1 Å². The molecular weight excluding hydrogens is 272 g/mol. The van der Waals surface area contributed by atoms with Crippen LogP contribution >= 0.6 is 0 Å². The van der Waals surface area contributed by atoms with Crippen molar-refractivity contribution in [3.63, 3.8) is 0 Å². The largest absolute Gasteiger partial charge is 0.366 e. The third-order valence-electron chi connectivity index (χ3n) is 3.94. The standard InChI is InChI=1S/C15H24N2O2S/c1-3-17(13-8-7-11-16-12-13)14-9-5-6-10-15(14)20(18,19)4-2/h5-6,9-10,13,16H,3-4,7-8,11-12H2,1-2H3. The number of nitrogens with zero attached hydrogens (tertiary/aromatic N) is 1. The van der Waals surface area contributed by atoms with Gasteiger partial charge in [0.25, 0.3) is 0 Å². The van der Waals surface area contributed by atoms with Crippen molar-refractivity contribution in [1.82, 2.24) is 5.32 Å². The van der Waals surface area contributed by atoms with Crippen molar-refractivity contribution in [3.8, 4) is 0 Å².